The van der Waals surface area contributed by atoms with Crippen LogP contribution in [-0.4, -0.2) is 16.0 Å². The van der Waals surface area contributed by atoms with Crippen molar-refractivity contribution in [2.24, 2.45) is 0 Å². The van der Waals surface area contributed by atoms with E-state index in [1.54, 1.807) is 6.07 Å². The van der Waals surface area contributed by atoms with Crippen molar-refractivity contribution in [1.82, 2.24) is 0 Å². The fraction of sp³-hybridized carbons (Fsp3) is 0. The Bertz CT molecular complexity index is 738. The average molecular weight is 328 g/mol. The summed E-state index contributed by atoms with van der Waals surface area (Å²) in [5.74, 6) is -1.90. The Hall–Kier alpha value is -2.12. The maximum absolute atomic E-state index is 13.5. The normalized spacial score (nSPS) is 10.4. The predicted octanol–water partition coefficient (Wildman–Crippen LogP) is 4.24. The van der Waals surface area contributed by atoms with E-state index in [-0.39, 0.29) is 21.2 Å². The number of hydrogen-bond donors (Lipinski definition) is 1. The van der Waals surface area contributed by atoms with E-state index in [1.165, 1.54) is 18.2 Å². The van der Waals surface area contributed by atoms with E-state index < -0.39 is 16.7 Å². The zero-order valence-electron chi connectivity index (χ0n) is 10.2. The number of carbonyl (C=O) groups is 1. The predicted molar refractivity (Wildman–Crippen MR) is 75.6 cm³/mol. The van der Waals surface area contributed by atoms with Gasteiger partial charge in [0, 0.05) is 11.0 Å². The maximum Gasteiger partial charge on any atom is 0.335 e. The molecule has 0 radical (unpaired) electrons. The smallest absolute Gasteiger partial charge is 0.335 e. The Morgan fingerprint density at radius 2 is 2.05 bits per heavy atom. The highest BCUT2D eigenvalue weighted by Crippen LogP contribution is 2.37. The highest BCUT2D eigenvalue weighted by atomic mass is 35.5. The van der Waals surface area contributed by atoms with Crippen LogP contribution >= 0.6 is 23.4 Å². The Kier molecular flexibility index (Phi) is 4.44. The average Bonchev–Trinajstić information content (AvgIpc) is 2.42. The van der Waals surface area contributed by atoms with Gasteiger partial charge in [0.25, 0.3) is 5.69 Å². The van der Waals surface area contributed by atoms with Crippen molar-refractivity contribution in [1.29, 1.82) is 0 Å². The number of nitro groups is 1. The molecule has 0 aliphatic heterocycles. The SMILES string of the molecule is O=C(O)c1cccc(Sc2cc(F)c(Cl)cc2[N+](=O)[O-])c1. The van der Waals surface area contributed by atoms with Crippen LogP contribution in [0.3, 0.4) is 0 Å². The molecule has 0 fully saturated rings. The first-order valence-corrected chi connectivity index (χ1v) is 6.72. The molecule has 0 bridgehead atoms. The summed E-state index contributed by atoms with van der Waals surface area (Å²) >= 11 is 6.43. The number of nitrogens with zero attached hydrogens (tertiary/aromatic N) is 1. The topological polar surface area (TPSA) is 80.4 Å². The number of carboxylic acid groups (broad SMARTS) is 1. The summed E-state index contributed by atoms with van der Waals surface area (Å²) < 4.78 is 13.5. The molecule has 0 atom stereocenters. The Labute approximate surface area is 127 Å². The first-order valence-electron chi connectivity index (χ1n) is 5.53. The van der Waals surface area contributed by atoms with Crippen molar-refractivity contribution in [3.05, 3.63) is 62.9 Å². The molecule has 0 amide bonds. The lowest BCUT2D eigenvalue weighted by Gasteiger charge is -2.05. The molecule has 108 valence electrons. The minimum atomic E-state index is -1.12. The maximum atomic E-state index is 13.5. The highest BCUT2D eigenvalue weighted by molar-refractivity contribution is 7.99. The highest BCUT2D eigenvalue weighted by Gasteiger charge is 2.19. The molecule has 0 saturated heterocycles. The summed E-state index contributed by atoms with van der Waals surface area (Å²) in [7, 11) is 0. The van der Waals surface area contributed by atoms with Crippen molar-refractivity contribution < 1.29 is 19.2 Å². The zero-order valence-corrected chi connectivity index (χ0v) is 11.8. The number of carboxylic acids is 1. The number of aromatic carboxylic acids is 1. The van der Waals surface area contributed by atoms with Crippen LogP contribution in [0.1, 0.15) is 10.4 Å². The van der Waals surface area contributed by atoms with Crippen LogP contribution in [0.4, 0.5) is 10.1 Å². The molecule has 0 heterocycles. The Balaban J connectivity index is 2.43. The second-order valence-electron chi connectivity index (χ2n) is 3.93. The van der Waals surface area contributed by atoms with E-state index in [0.29, 0.717) is 4.90 Å². The van der Waals surface area contributed by atoms with Gasteiger partial charge in [-0.3, -0.25) is 10.1 Å². The molecular weight excluding hydrogens is 321 g/mol. The molecule has 0 aliphatic rings. The fourth-order valence-electron chi connectivity index (χ4n) is 1.56. The quantitative estimate of drug-likeness (QED) is 0.671. The number of halogens is 2. The van der Waals surface area contributed by atoms with Gasteiger partial charge in [-0.25, -0.2) is 9.18 Å². The zero-order chi connectivity index (χ0) is 15.6. The lowest BCUT2D eigenvalue weighted by Crippen LogP contribution is -1.96. The number of nitro benzene ring substituents is 1. The van der Waals surface area contributed by atoms with Crippen LogP contribution in [0.15, 0.2) is 46.2 Å². The third kappa shape index (κ3) is 3.50. The van der Waals surface area contributed by atoms with Crippen LogP contribution in [0.25, 0.3) is 0 Å². The van der Waals surface area contributed by atoms with E-state index in [1.807, 2.05) is 0 Å². The summed E-state index contributed by atoms with van der Waals surface area (Å²) in [6.07, 6.45) is 0. The minimum absolute atomic E-state index is 0.0390. The largest absolute Gasteiger partial charge is 0.478 e. The van der Waals surface area contributed by atoms with Gasteiger partial charge in [0.1, 0.15) is 5.82 Å². The Morgan fingerprint density at radius 3 is 2.67 bits per heavy atom. The molecular formula is C13H7ClFNO4S. The van der Waals surface area contributed by atoms with E-state index >= 15 is 0 Å². The van der Waals surface area contributed by atoms with Crippen LogP contribution in [0.2, 0.25) is 5.02 Å². The molecule has 21 heavy (non-hydrogen) atoms. The molecule has 0 aromatic heterocycles. The summed E-state index contributed by atoms with van der Waals surface area (Å²) in [5.41, 5.74) is -0.302. The molecule has 0 saturated carbocycles. The molecule has 8 heteroatoms. The molecule has 2 aromatic carbocycles. The minimum Gasteiger partial charge on any atom is -0.478 e. The van der Waals surface area contributed by atoms with Crippen LogP contribution < -0.4 is 0 Å². The monoisotopic (exact) mass is 327 g/mol. The van der Waals surface area contributed by atoms with E-state index in [4.69, 9.17) is 16.7 Å². The van der Waals surface area contributed by atoms with Crippen molar-refractivity contribution in [3.8, 4) is 0 Å². The van der Waals surface area contributed by atoms with Crippen molar-refractivity contribution in [2.75, 3.05) is 0 Å². The Morgan fingerprint density at radius 1 is 1.33 bits per heavy atom. The third-order valence-electron chi connectivity index (χ3n) is 2.51. The van der Waals surface area contributed by atoms with Crippen molar-refractivity contribution >= 4 is 35.0 Å². The first-order chi connectivity index (χ1) is 9.88. The summed E-state index contributed by atoms with van der Waals surface area (Å²) in [4.78, 5) is 21.7. The first kappa shape index (κ1) is 15.3. The molecule has 0 spiro atoms. The number of hydrogen-bond acceptors (Lipinski definition) is 4. The van der Waals surface area contributed by atoms with Crippen LogP contribution in [0, 0.1) is 15.9 Å². The number of rotatable bonds is 4. The van der Waals surface area contributed by atoms with E-state index in [2.05, 4.69) is 0 Å². The molecule has 0 unspecified atom stereocenters. The fourth-order valence-corrected chi connectivity index (χ4v) is 2.71. The summed E-state index contributed by atoms with van der Waals surface area (Å²) in [5, 5.41) is 19.5. The third-order valence-corrected chi connectivity index (χ3v) is 3.83. The van der Waals surface area contributed by atoms with E-state index in [0.717, 1.165) is 23.9 Å². The van der Waals surface area contributed by atoms with Gasteiger partial charge in [-0.15, -0.1) is 0 Å². The van der Waals surface area contributed by atoms with E-state index in [9.17, 15) is 19.3 Å². The van der Waals surface area contributed by atoms with Gasteiger partial charge in [0.2, 0.25) is 0 Å². The van der Waals surface area contributed by atoms with Gasteiger partial charge in [0.05, 0.1) is 20.4 Å². The van der Waals surface area contributed by atoms with Gasteiger partial charge in [0.15, 0.2) is 0 Å². The standard InChI is InChI=1S/C13H7ClFNO4S/c14-9-5-11(16(19)20)12(6-10(9)15)21-8-3-1-2-7(4-8)13(17)18/h1-6H,(H,17,18). The van der Waals surface area contributed by atoms with Crippen molar-refractivity contribution in [2.45, 2.75) is 9.79 Å². The summed E-state index contributed by atoms with van der Waals surface area (Å²) in [6, 6.07) is 7.71. The van der Waals surface area contributed by atoms with Gasteiger partial charge in [-0.2, -0.15) is 0 Å². The lowest BCUT2D eigenvalue weighted by atomic mass is 10.2. The van der Waals surface area contributed by atoms with Gasteiger partial charge in [-0.1, -0.05) is 29.4 Å². The molecule has 1 N–H and O–H groups in total. The van der Waals surface area contributed by atoms with Crippen molar-refractivity contribution in [3.63, 3.8) is 0 Å². The second-order valence-corrected chi connectivity index (χ2v) is 5.45. The molecule has 2 rings (SSSR count). The van der Waals surface area contributed by atoms with Gasteiger partial charge < -0.3 is 5.11 Å². The molecule has 2 aromatic rings. The molecule has 5 nitrogen and oxygen atoms in total. The number of benzene rings is 2. The van der Waals surface area contributed by atoms with Gasteiger partial charge in [-0.05, 0) is 24.3 Å². The van der Waals surface area contributed by atoms with Crippen LogP contribution in [-0.2, 0) is 0 Å². The second kappa shape index (κ2) is 6.11. The summed E-state index contributed by atoms with van der Waals surface area (Å²) in [6.45, 7) is 0. The van der Waals surface area contributed by atoms with Crippen LogP contribution in [0.5, 0.6) is 0 Å². The lowest BCUT2D eigenvalue weighted by molar-refractivity contribution is -0.387. The van der Waals surface area contributed by atoms with Gasteiger partial charge >= 0.3 is 5.97 Å². The molecule has 0 aliphatic carbocycles.